The molecule has 3 rings (SSSR count). The Morgan fingerprint density at radius 1 is 0.647 bits per heavy atom. The highest BCUT2D eigenvalue weighted by Crippen LogP contribution is 2.69. The smallest absolute Gasteiger partial charge is 0.100 e. The van der Waals surface area contributed by atoms with Crippen molar-refractivity contribution in [2.45, 2.75) is 16.2 Å². The molecule has 0 N–H and O–H groups in total. The van der Waals surface area contributed by atoms with Gasteiger partial charge in [-0.05, 0) is 11.1 Å². The van der Waals surface area contributed by atoms with Crippen molar-refractivity contribution in [3.63, 3.8) is 0 Å². The molecule has 1 saturated carbocycles. The molecular formula is C15H12Cl2. The average molecular weight is 263 g/mol. The van der Waals surface area contributed by atoms with E-state index in [1.165, 1.54) is 11.1 Å². The first kappa shape index (κ1) is 11.1. The van der Waals surface area contributed by atoms with Crippen LogP contribution in [-0.2, 0) is 0 Å². The molecule has 0 nitrogen and oxygen atoms in total. The van der Waals surface area contributed by atoms with Gasteiger partial charge < -0.3 is 0 Å². The zero-order valence-electron chi connectivity index (χ0n) is 9.18. The van der Waals surface area contributed by atoms with Crippen molar-refractivity contribution in [1.29, 1.82) is 0 Å². The van der Waals surface area contributed by atoms with Gasteiger partial charge in [0.05, 0.1) is 0 Å². The minimum atomic E-state index is -0.664. The number of benzene rings is 2. The summed E-state index contributed by atoms with van der Waals surface area (Å²) in [6, 6.07) is 20.5. The van der Waals surface area contributed by atoms with Gasteiger partial charge >= 0.3 is 0 Å². The average Bonchev–Trinajstić information content (AvgIpc) is 2.94. The SMILES string of the molecule is ClC1(Cl)[C@H](c2ccccc2)[C@H]1c1ccccc1. The van der Waals surface area contributed by atoms with E-state index in [-0.39, 0.29) is 11.8 Å². The fourth-order valence-electron chi connectivity index (χ4n) is 2.48. The standard InChI is InChI=1S/C15H12Cl2/c16-15(17)13(11-7-3-1-4-8-11)14(15)12-9-5-2-6-10-12/h1-10,13-14H/t13-,14-/m1/s1. The molecule has 2 aromatic carbocycles. The molecule has 2 aromatic rings. The number of alkyl halides is 2. The minimum Gasteiger partial charge on any atom is -0.100 e. The van der Waals surface area contributed by atoms with Crippen LogP contribution in [0.2, 0.25) is 0 Å². The highest BCUT2D eigenvalue weighted by atomic mass is 35.5. The molecule has 2 atom stereocenters. The Morgan fingerprint density at radius 2 is 1.00 bits per heavy atom. The van der Waals surface area contributed by atoms with E-state index in [2.05, 4.69) is 24.3 Å². The zero-order valence-corrected chi connectivity index (χ0v) is 10.7. The molecule has 0 radical (unpaired) electrons. The monoisotopic (exact) mass is 262 g/mol. The third-order valence-corrected chi connectivity index (χ3v) is 4.31. The van der Waals surface area contributed by atoms with Gasteiger partial charge in [-0.25, -0.2) is 0 Å². The van der Waals surface area contributed by atoms with E-state index in [9.17, 15) is 0 Å². The van der Waals surface area contributed by atoms with Crippen LogP contribution in [0.25, 0.3) is 0 Å². The molecule has 0 heterocycles. The largest absolute Gasteiger partial charge is 0.133 e. The van der Waals surface area contributed by atoms with Crippen LogP contribution in [0.1, 0.15) is 23.0 Å². The van der Waals surface area contributed by atoms with Crippen molar-refractivity contribution in [2.75, 3.05) is 0 Å². The highest BCUT2D eigenvalue weighted by molar-refractivity contribution is 6.52. The second kappa shape index (κ2) is 4.04. The number of hydrogen-bond acceptors (Lipinski definition) is 0. The Morgan fingerprint density at radius 3 is 1.35 bits per heavy atom. The summed E-state index contributed by atoms with van der Waals surface area (Å²) in [4.78, 5) is 0. The fourth-order valence-corrected chi connectivity index (χ4v) is 3.36. The van der Waals surface area contributed by atoms with Gasteiger partial charge in [0.25, 0.3) is 0 Å². The van der Waals surface area contributed by atoms with E-state index in [1.54, 1.807) is 0 Å². The van der Waals surface area contributed by atoms with Crippen molar-refractivity contribution in [3.05, 3.63) is 71.8 Å². The third kappa shape index (κ3) is 1.86. The van der Waals surface area contributed by atoms with Crippen LogP contribution in [0.15, 0.2) is 60.7 Å². The van der Waals surface area contributed by atoms with Gasteiger partial charge in [0, 0.05) is 11.8 Å². The maximum atomic E-state index is 6.41. The lowest BCUT2D eigenvalue weighted by molar-refractivity contribution is 1.03. The van der Waals surface area contributed by atoms with Crippen molar-refractivity contribution in [2.24, 2.45) is 0 Å². The van der Waals surface area contributed by atoms with Gasteiger partial charge in [-0.15, -0.1) is 23.2 Å². The van der Waals surface area contributed by atoms with Gasteiger partial charge in [0.1, 0.15) is 4.33 Å². The summed E-state index contributed by atoms with van der Waals surface area (Å²) in [5.74, 6) is 0.406. The summed E-state index contributed by atoms with van der Waals surface area (Å²) in [5.41, 5.74) is 2.43. The molecule has 0 amide bonds. The summed E-state index contributed by atoms with van der Waals surface area (Å²) in [5, 5.41) is 0. The normalized spacial score (nSPS) is 25.5. The van der Waals surface area contributed by atoms with Crippen LogP contribution >= 0.6 is 23.2 Å². The van der Waals surface area contributed by atoms with Gasteiger partial charge in [0.2, 0.25) is 0 Å². The number of rotatable bonds is 2. The van der Waals surface area contributed by atoms with Gasteiger partial charge in [-0.3, -0.25) is 0 Å². The van der Waals surface area contributed by atoms with Crippen molar-refractivity contribution >= 4 is 23.2 Å². The van der Waals surface area contributed by atoms with Crippen LogP contribution in [0.5, 0.6) is 0 Å². The predicted molar refractivity (Wildman–Crippen MR) is 72.8 cm³/mol. The Hall–Kier alpha value is -0.980. The lowest BCUT2D eigenvalue weighted by atomic mass is 10.0. The molecule has 86 valence electrons. The summed E-state index contributed by atoms with van der Waals surface area (Å²) in [7, 11) is 0. The van der Waals surface area contributed by atoms with E-state index in [1.807, 2.05) is 36.4 Å². The summed E-state index contributed by atoms with van der Waals surface area (Å²) in [6.45, 7) is 0. The zero-order chi connectivity index (χ0) is 11.9. The Labute approximate surface area is 111 Å². The molecule has 17 heavy (non-hydrogen) atoms. The van der Waals surface area contributed by atoms with Gasteiger partial charge in [-0.2, -0.15) is 0 Å². The molecule has 0 unspecified atom stereocenters. The molecule has 0 spiro atoms. The molecular weight excluding hydrogens is 251 g/mol. The molecule has 2 heteroatoms. The van der Waals surface area contributed by atoms with E-state index >= 15 is 0 Å². The second-order valence-corrected chi connectivity index (χ2v) is 5.90. The second-order valence-electron chi connectivity index (χ2n) is 4.45. The quantitative estimate of drug-likeness (QED) is 0.686. The first-order valence-electron chi connectivity index (χ1n) is 5.69. The first-order chi connectivity index (χ1) is 8.21. The fraction of sp³-hybridized carbons (Fsp3) is 0.200. The van der Waals surface area contributed by atoms with Gasteiger partial charge in [0.15, 0.2) is 0 Å². The lowest BCUT2D eigenvalue weighted by Crippen LogP contribution is -1.90. The lowest BCUT2D eigenvalue weighted by Gasteiger charge is -1.99. The summed E-state index contributed by atoms with van der Waals surface area (Å²) in [6.07, 6.45) is 0. The van der Waals surface area contributed by atoms with E-state index in [0.29, 0.717) is 0 Å². The van der Waals surface area contributed by atoms with E-state index < -0.39 is 4.33 Å². The van der Waals surface area contributed by atoms with Crippen molar-refractivity contribution < 1.29 is 0 Å². The predicted octanol–water partition coefficient (Wildman–Crippen LogP) is 4.74. The molecule has 1 aliphatic carbocycles. The van der Waals surface area contributed by atoms with Crippen LogP contribution in [0, 0.1) is 0 Å². The molecule has 0 saturated heterocycles. The molecule has 1 fully saturated rings. The summed E-state index contributed by atoms with van der Waals surface area (Å²) < 4.78 is -0.664. The van der Waals surface area contributed by atoms with Crippen LogP contribution in [-0.4, -0.2) is 4.33 Å². The van der Waals surface area contributed by atoms with Crippen molar-refractivity contribution in [3.8, 4) is 0 Å². The van der Waals surface area contributed by atoms with E-state index in [4.69, 9.17) is 23.2 Å². The summed E-state index contributed by atoms with van der Waals surface area (Å²) >= 11 is 12.8. The number of hydrogen-bond donors (Lipinski definition) is 0. The number of halogens is 2. The Kier molecular flexibility index (Phi) is 2.65. The third-order valence-electron chi connectivity index (χ3n) is 3.37. The van der Waals surface area contributed by atoms with Crippen LogP contribution < -0.4 is 0 Å². The van der Waals surface area contributed by atoms with Crippen LogP contribution in [0.4, 0.5) is 0 Å². The Balaban J connectivity index is 1.95. The Bertz CT molecular complexity index is 457. The topological polar surface area (TPSA) is 0 Å². The molecule has 1 aliphatic rings. The maximum absolute atomic E-state index is 6.41. The maximum Gasteiger partial charge on any atom is 0.133 e. The molecule has 0 bridgehead atoms. The highest BCUT2D eigenvalue weighted by Gasteiger charge is 2.64. The van der Waals surface area contributed by atoms with Crippen molar-refractivity contribution in [1.82, 2.24) is 0 Å². The van der Waals surface area contributed by atoms with E-state index in [0.717, 1.165) is 0 Å². The molecule has 0 aromatic heterocycles. The van der Waals surface area contributed by atoms with Crippen LogP contribution in [0.3, 0.4) is 0 Å². The molecule has 0 aliphatic heterocycles. The van der Waals surface area contributed by atoms with Gasteiger partial charge in [-0.1, -0.05) is 60.7 Å². The first-order valence-corrected chi connectivity index (χ1v) is 6.44. The minimum absolute atomic E-state index is 0.203.